The lowest BCUT2D eigenvalue weighted by Crippen LogP contribution is -1.92. The fourth-order valence-electron chi connectivity index (χ4n) is 0.537. The van der Waals surface area contributed by atoms with Gasteiger partial charge in [-0.25, -0.2) is 4.98 Å². The molecule has 12 heavy (non-hydrogen) atoms. The zero-order valence-electron chi connectivity index (χ0n) is 6.56. The van der Waals surface area contributed by atoms with Gasteiger partial charge in [-0.15, -0.1) is 0 Å². The highest BCUT2D eigenvalue weighted by atomic mass is 33.1. The highest BCUT2D eigenvalue weighted by Gasteiger charge is 2.02. The Kier molecular flexibility index (Phi) is 4.18. The zero-order chi connectivity index (χ0) is 8.81. The summed E-state index contributed by atoms with van der Waals surface area (Å²) in [7, 11) is 2.96. The predicted molar refractivity (Wildman–Crippen MR) is 52.8 cm³/mol. The second kappa shape index (κ2) is 5.22. The number of hydrogen-bond donors (Lipinski definition) is 0. The Bertz CT molecular complexity index is 240. The lowest BCUT2D eigenvalue weighted by Gasteiger charge is -1.99. The number of nitrogens with zero attached hydrogens (tertiary/aromatic N) is 1. The van der Waals surface area contributed by atoms with E-state index in [0.29, 0.717) is 0 Å². The molecule has 4 heteroatoms. The summed E-state index contributed by atoms with van der Waals surface area (Å²) in [5.74, 6) is 0. The van der Waals surface area contributed by atoms with Crippen molar-refractivity contribution in [2.24, 2.45) is 0 Å². The molecule has 63 valence electrons. The molecule has 0 spiro atoms. The van der Waals surface area contributed by atoms with Gasteiger partial charge in [0.25, 0.3) is 0 Å². The Hall–Kier alpha value is -0.480. The van der Waals surface area contributed by atoms with Crippen molar-refractivity contribution in [3.05, 3.63) is 24.4 Å². The van der Waals surface area contributed by atoms with Gasteiger partial charge in [0, 0.05) is 6.20 Å². The van der Waals surface area contributed by atoms with Gasteiger partial charge in [-0.2, -0.15) is 0 Å². The van der Waals surface area contributed by atoms with E-state index < -0.39 is 0 Å². The second-order valence-corrected chi connectivity index (χ2v) is 4.67. The summed E-state index contributed by atoms with van der Waals surface area (Å²) in [6, 6.07) is 5.70. The van der Waals surface area contributed by atoms with Crippen molar-refractivity contribution in [3.63, 3.8) is 0 Å². The largest absolute Gasteiger partial charge is 0.290 e. The van der Waals surface area contributed by atoms with Crippen LogP contribution in [0.15, 0.2) is 29.4 Å². The van der Waals surface area contributed by atoms with E-state index in [-0.39, 0.29) is 5.25 Å². The maximum Gasteiger partial charge on any atom is 0.213 e. The maximum atomic E-state index is 10.1. The minimum Gasteiger partial charge on any atom is -0.290 e. The average Bonchev–Trinajstić information content (AvgIpc) is 2.16. The molecule has 0 aliphatic carbocycles. The van der Waals surface area contributed by atoms with E-state index in [1.54, 1.807) is 6.20 Å². The van der Waals surface area contributed by atoms with Crippen molar-refractivity contribution in [2.75, 3.05) is 0 Å². The maximum absolute atomic E-state index is 10.1. The molecule has 1 rings (SSSR count). The first-order chi connectivity index (χ1) is 5.83. The summed E-state index contributed by atoms with van der Waals surface area (Å²) < 4.78 is 0. The van der Waals surface area contributed by atoms with Crippen LogP contribution < -0.4 is 0 Å². The van der Waals surface area contributed by atoms with Crippen molar-refractivity contribution in [2.45, 2.75) is 17.2 Å². The molecular formula is C8H8NOS2. The third kappa shape index (κ3) is 3.28. The van der Waals surface area contributed by atoms with Gasteiger partial charge >= 0.3 is 0 Å². The highest BCUT2D eigenvalue weighted by molar-refractivity contribution is 8.77. The number of pyridine rings is 1. The van der Waals surface area contributed by atoms with Crippen molar-refractivity contribution >= 4 is 27.9 Å². The van der Waals surface area contributed by atoms with Gasteiger partial charge in [-0.05, 0) is 29.9 Å². The van der Waals surface area contributed by atoms with E-state index >= 15 is 0 Å². The molecule has 1 unspecified atom stereocenters. The number of rotatable bonds is 4. The van der Waals surface area contributed by atoms with E-state index in [1.165, 1.54) is 21.6 Å². The van der Waals surface area contributed by atoms with Crippen LogP contribution in [0.3, 0.4) is 0 Å². The number of carbonyl (C=O) groups excluding carboxylic acids is 1. The summed E-state index contributed by atoms with van der Waals surface area (Å²) >= 11 is 0. The van der Waals surface area contributed by atoms with E-state index in [0.717, 1.165) is 5.03 Å². The first-order valence-electron chi connectivity index (χ1n) is 3.45. The third-order valence-corrected chi connectivity index (χ3v) is 3.64. The van der Waals surface area contributed by atoms with Crippen LogP contribution in [0.5, 0.6) is 0 Å². The quantitative estimate of drug-likeness (QED) is 0.694. The van der Waals surface area contributed by atoms with Crippen molar-refractivity contribution < 1.29 is 4.79 Å². The first kappa shape index (κ1) is 9.61. The van der Waals surface area contributed by atoms with Gasteiger partial charge in [0.2, 0.25) is 6.29 Å². The van der Waals surface area contributed by atoms with Gasteiger partial charge in [0.1, 0.15) is 5.03 Å². The molecule has 0 aliphatic heterocycles. The van der Waals surface area contributed by atoms with Crippen LogP contribution >= 0.6 is 21.6 Å². The molecule has 0 bridgehead atoms. The third-order valence-electron chi connectivity index (χ3n) is 1.08. The smallest absolute Gasteiger partial charge is 0.213 e. The van der Waals surface area contributed by atoms with Crippen LogP contribution in [0.1, 0.15) is 6.92 Å². The van der Waals surface area contributed by atoms with Crippen LogP contribution in [0.4, 0.5) is 0 Å². The molecule has 0 aromatic carbocycles. The minimum absolute atomic E-state index is 0.1000. The van der Waals surface area contributed by atoms with Gasteiger partial charge in [-0.3, -0.25) is 4.79 Å². The summed E-state index contributed by atoms with van der Waals surface area (Å²) in [5.41, 5.74) is 0. The highest BCUT2D eigenvalue weighted by Crippen LogP contribution is 2.31. The van der Waals surface area contributed by atoms with Crippen LogP contribution in [-0.2, 0) is 4.79 Å². The fraction of sp³-hybridized carbons (Fsp3) is 0.250. The molecule has 0 amide bonds. The van der Waals surface area contributed by atoms with Crippen molar-refractivity contribution in [1.29, 1.82) is 0 Å². The van der Waals surface area contributed by atoms with Crippen molar-refractivity contribution in [1.82, 2.24) is 4.98 Å². The number of hydrogen-bond acceptors (Lipinski definition) is 4. The number of aromatic nitrogens is 1. The molecular weight excluding hydrogens is 190 g/mol. The Labute approximate surface area is 79.6 Å². The lowest BCUT2D eigenvalue weighted by molar-refractivity contribution is 0.555. The van der Waals surface area contributed by atoms with Crippen LogP contribution in [0, 0.1) is 0 Å². The molecule has 2 nitrogen and oxygen atoms in total. The Balaban J connectivity index is 2.38. The second-order valence-electron chi connectivity index (χ2n) is 2.11. The van der Waals surface area contributed by atoms with E-state index in [2.05, 4.69) is 4.98 Å². The van der Waals surface area contributed by atoms with Crippen molar-refractivity contribution in [3.8, 4) is 0 Å². The van der Waals surface area contributed by atoms with E-state index in [1.807, 2.05) is 31.4 Å². The summed E-state index contributed by atoms with van der Waals surface area (Å²) in [6.45, 7) is 1.81. The molecule has 1 heterocycles. The standard InChI is InChI=1S/C8H8NOS2/c1-7(6-10)11-12-8-4-2-3-5-9-8/h2-5,7H,1H3. The molecule has 0 N–H and O–H groups in total. The molecule has 0 saturated carbocycles. The fourth-order valence-corrected chi connectivity index (χ4v) is 2.20. The first-order valence-corrected chi connectivity index (χ1v) is 5.66. The molecule has 1 radical (unpaired) electrons. The molecule has 1 atom stereocenters. The average molecular weight is 198 g/mol. The molecule has 1 aromatic heterocycles. The molecule has 1 aromatic rings. The SMILES string of the molecule is CC([C]=O)SSc1ccccn1. The van der Waals surface area contributed by atoms with Crippen LogP contribution in [0.2, 0.25) is 0 Å². The Morgan fingerprint density at radius 2 is 2.42 bits per heavy atom. The van der Waals surface area contributed by atoms with Gasteiger partial charge in [0.05, 0.1) is 5.25 Å². The Morgan fingerprint density at radius 1 is 1.58 bits per heavy atom. The normalized spacial score (nSPS) is 12.4. The van der Waals surface area contributed by atoms with Gasteiger partial charge in [0.15, 0.2) is 0 Å². The summed E-state index contributed by atoms with van der Waals surface area (Å²) in [5, 5.41) is 0.821. The Morgan fingerprint density at radius 3 is 3.00 bits per heavy atom. The molecule has 0 fully saturated rings. The zero-order valence-corrected chi connectivity index (χ0v) is 8.19. The lowest BCUT2D eigenvalue weighted by atomic mass is 10.5. The van der Waals surface area contributed by atoms with E-state index in [9.17, 15) is 4.79 Å². The summed E-state index contributed by atoms with van der Waals surface area (Å²) in [6.07, 6.45) is 3.63. The predicted octanol–water partition coefficient (Wildman–Crippen LogP) is 2.32. The van der Waals surface area contributed by atoms with Crippen LogP contribution in [-0.4, -0.2) is 16.5 Å². The van der Waals surface area contributed by atoms with Gasteiger partial charge < -0.3 is 0 Å². The van der Waals surface area contributed by atoms with Gasteiger partial charge in [-0.1, -0.05) is 16.9 Å². The molecule has 0 saturated heterocycles. The monoisotopic (exact) mass is 198 g/mol. The summed E-state index contributed by atoms with van der Waals surface area (Å²) in [4.78, 5) is 14.2. The molecule has 0 aliphatic rings. The van der Waals surface area contributed by atoms with Crippen LogP contribution in [0.25, 0.3) is 0 Å². The van der Waals surface area contributed by atoms with E-state index in [4.69, 9.17) is 0 Å². The topological polar surface area (TPSA) is 30.0 Å². The minimum atomic E-state index is -0.1000.